The molecule has 1 N–H and O–H groups in total. The maximum absolute atomic E-state index is 12.8. The summed E-state index contributed by atoms with van der Waals surface area (Å²) in [5.41, 5.74) is 0.495. The minimum absolute atomic E-state index is 0.0529. The van der Waals surface area contributed by atoms with E-state index < -0.39 is 0 Å². The Labute approximate surface area is 158 Å². The number of likely N-dealkylation sites (tertiary alicyclic amines) is 1. The van der Waals surface area contributed by atoms with Crippen LogP contribution in [0.15, 0.2) is 42.6 Å². The molecule has 0 radical (unpaired) electrons. The van der Waals surface area contributed by atoms with Crippen LogP contribution in [0.4, 0.5) is 5.82 Å². The number of amides is 2. The lowest BCUT2D eigenvalue weighted by Crippen LogP contribution is -2.41. The third kappa shape index (κ3) is 4.36. The predicted molar refractivity (Wildman–Crippen MR) is 101 cm³/mol. The first-order valence-electron chi connectivity index (χ1n) is 8.85. The minimum atomic E-state index is -0.131. The maximum Gasteiger partial charge on any atom is 0.257 e. The predicted octanol–water partition coefficient (Wildman–Crippen LogP) is 2.59. The molecule has 1 aliphatic rings. The van der Waals surface area contributed by atoms with Crippen molar-refractivity contribution in [1.82, 2.24) is 9.88 Å². The van der Waals surface area contributed by atoms with Crippen molar-refractivity contribution in [3.05, 3.63) is 48.2 Å². The molecule has 1 aliphatic heterocycles. The highest BCUT2D eigenvalue weighted by Crippen LogP contribution is 2.27. The molecule has 142 valence electrons. The van der Waals surface area contributed by atoms with E-state index in [2.05, 4.69) is 10.3 Å². The molecule has 1 saturated heterocycles. The average molecular weight is 369 g/mol. The number of nitrogens with zero attached hydrogens (tertiary/aromatic N) is 2. The summed E-state index contributed by atoms with van der Waals surface area (Å²) in [6.07, 6.45) is 2.87. The van der Waals surface area contributed by atoms with Gasteiger partial charge < -0.3 is 19.7 Å². The Morgan fingerprint density at radius 3 is 2.52 bits per heavy atom. The molecule has 1 aromatic carbocycles. The summed E-state index contributed by atoms with van der Waals surface area (Å²) in [4.78, 5) is 31.1. The van der Waals surface area contributed by atoms with Gasteiger partial charge in [-0.3, -0.25) is 9.59 Å². The molecule has 2 heterocycles. The van der Waals surface area contributed by atoms with Gasteiger partial charge in [0.05, 0.1) is 19.8 Å². The number of benzene rings is 1. The van der Waals surface area contributed by atoms with Gasteiger partial charge in [-0.2, -0.15) is 0 Å². The summed E-state index contributed by atoms with van der Waals surface area (Å²) in [6.45, 7) is 1.04. The third-order valence-electron chi connectivity index (χ3n) is 4.71. The van der Waals surface area contributed by atoms with Crippen molar-refractivity contribution in [2.75, 3.05) is 32.6 Å². The smallest absolute Gasteiger partial charge is 0.257 e. The van der Waals surface area contributed by atoms with E-state index in [4.69, 9.17) is 9.47 Å². The van der Waals surface area contributed by atoms with Crippen LogP contribution in [0.25, 0.3) is 0 Å². The second-order valence-corrected chi connectivity index (χ2v) is 6.34. The monoisotopic (exact) mass is 369 g/mol. The lowest BCUT2D eigenvalue weighted by Gasteiger charge is -2.31. The van der Waals surface area contributed by atoms with E-state index in [1.807, 2.05) is 6.07 Å². The molecule has 27 heavy (non-hydrogen) atoms. The van der Waals surface area contributed by atoms with E-state index in [-0.39, 0.29) is 17.7 Å². The fraction of sp³-hybridized carbons (Fsp3) is 0.350. The Hall–Kier alpha value is -3.09. The van der Waals surface area contributed by atoms with Gasteiger partial charge in [0.2, 0.25) is 5.91 Å². The fourth-order valence-corrected chi connectivity index (χ4v) is 3.16. The van der Waals surface area contributed by atoms with Crippen LogP contribution in [0.3, 0.4) is 0 Å². The maximum atomic E-state index is 12.8. The van der Waals surface area contributed by atoms with E-state index in [0.29, 0.717) is 48.8 Å². The summed E-state index contributed by atoms with van der Waals surface area (Å²) >= 11 is 0. The first kappa shape index (κ1) is 18.7. The highest BCUT2D eigenvalue weighted by atomic mass is 16.5. The summed E-state index contributed by atoms with van der Waals surface area (Å²) < 4.78 is 10.5. The van der Waals surface area contributed by atoms with E-state index in [0.717, 1.165) is 0 Å². The van der Waals surface area contributed by atoms with E-state index in [1.54, 1.807) is 48.5 Å². The number of piperidine rings is 1. The van der Waals surface area contributed by atoms with Crippen molar-refractivity contribution in [2.45, 2.75) is 12.8 Å². The third-order valence-corrected chi connectivity index (χ3v) is 4.71. The van der Waals surface area contributed by atoms with Crippen LogP contribution in [0.2, 0.25) is 0 Å². The number of aromatic nitrogens is 1. The van der Waals surface area contributed by atoms with Crippen LogP contribution in [0.1, 0.15) is 23.2 Å². The van der Waals surface area contributed by atoms with Crippen molar-refractivity contribution in [3.8, 4) is 11.5 Å². The zero-order valence-corrected chi connectivity index (χ0v) is 15.5. The van der Waals surface area contributed by atoms with Crippen LogP contribution < -0.4 is 14.8 Å². The molecule has 0 atom stereocenters. The second kappa shape index (κ2) is 8.53. The van der Waals surface area contributed by atoms with Crippen molar-refractivity contribution in [3.63, 3.8) is 0 Å². The lowest BCUT2D eigenvalue weighted by molar-refractivity contribution is -0.121. The van der Waals surface area contributed by atoms with Gasteiger partial charge in [-0.1, -0.05) is 6.07 Å². The molecule has 1 aromatic heterocycles. The standard InChI is InChI=1S/C20H23N3O4/c1-26-15-6-7-16(17(13-15)27-2)20(25)23-11-8-14(9-12-23)19(24)22-18-5-3-4-10-21-18/h3-7,10,13-14H,8-9,11-12H2,1-2H3,(H,21,22,24). The topological polar surface area (TPSA) is 80.8 Å². The second-order valence-electron chi connectivity index (χ2n) is 6.34. The van der Waals surface area contributed by atoms with Gasteiger partial charge in [0, 0.05) is 31.3 Å². The summed E-state index contributed by atoms with van der Waals surface area (Å²) in [5.74, 6) is 1.38. The Kier molecular flexibility index (Phi) is 5.90. The fourth-order valence-electron chi connectivity index (χ4n) is 3.16. The Balaban J connectivity index is 1.60. The number of hydrogen-bond donors (Lipinski definition) is 1. The minimum Gasteiger partial charge on any atom is -0.497 e. The van der Waals surface area contributed by atoms with Gasteiger partial charge in [0.1, 0.15) is 17.3 Å². The van der Waals surface area contributed by atoms with Gasteiger partial charge in [-0.15, -0.1) is 0 Å². The zero-order valence-electron chi connectivity index (χ0n) is 15.5. The summed E-state index contributed by atoms with van der Waals surface area (Å²) in [6, 6.07) is 10.5. The van der Waals surface area contributed by atoms with E-state index in [1.165, 1.54) is 7.11 Å². The van der Waals surface area contributed by atoms with Gasteiger partial charge in [-0.05, 0) is 37.1 Å². The summed E-state index contributed by atoms with van der Waals surface area (Å²) in [5, 5.41) is 2.83. The van der Waals surface area contributed by atoms with Crippen LogP contribution in [-0.4, -0.2) is 49.0 Å². The van der Waals surface area contributed by atoms with E-state index >= 15 is 0 Å². The SMILES string of the molecule is COc1ccc(C(=O)N2CCC(C(=O)Nc3ccccn3)CC2)c(OC)c1. The van der Waals surface area contributed by atoms with Crippen molar-refractivity contribution in [1.29, 1.82) is 0 Å². The van der Waals surface area contributed by atoms with Crippen molar-refractivity contribution >= 4 is 17.6 Å². The molecule has 1 fully saturated rings. The van der Waals surface area contributed by atoms with Crippen molar-refractivity contribution in [2.24, 2.45) is 5.92 Å². The molecular weight excluding hydrogens is 346 g/mol. The number of methoxy groups -OCH3 is 2. The molecule has 3 rings (SSSR count). The van der Waals surface area contributed by atoms with Crippen LogP contribution >= 0.6 is 0 Å². The summed E-state index contributed by atoms with van der Waals surface area (Å²) in [7, 11) is 3.09. The number of carbonyl (C=O) groups is 2. The number of hydrogen-bond acceptors (Lipinski definition) is 5. The van der Waals surface area contributed by atoms with Gasteiger partial charge in [-0.25, -0.2) is 4.98 Å². The van der Waals surface area contributed by atoms with Crippen LogP contribution in [-0.2, 0) is 4.79 Å². The highest BCUT2D eigenvalue weighted by molar-refractivity contribution is 5.97. The average Bonchev–Trinajstić information content (AvgIpc) is 2.73. The molecule has 0 spiro atoms. The molecule has 2 aromatic rings. The molecule has 0 bridgehead atoms. The van der Waals surface area contributed by atoms with Gasteiger partial charge in [0.25, 0.3) is 5.91 Å². The first-order valence-corrected chi connectivity index (χ1v) is 8.85. The Bertz CT molecular complexity index is 802. The normalized spacial score (nSPS) is 14.5. The quantitative estimate of drug-likeness (QED) is 0.876. The highest BCUT2D eigenvalue weighted by Gasteiger charge is 2.29. The van der Waals surface area contributed by atoms with Crippen LogP contribution in [0, 0.1) is 5.92 Å². The van der Waals surface area contributed by atoms with Gasteiger partial charge >= 0.3 is 0 Å². The Morgan fingerprint density at radius 1 is 1.11 bits per heavy atom. The molecule has 7 heteroatoms. The number of anilines is 1. The molecule has 2 amide bonds. The van der Waals surface area contributed by atoms with E-state index in [9.17, 15) is 9.59 Å². The largest absolute Gasteiger partial charge is 0.497 e. The molecule has 0 aliphatic carbocycles. The molecular formula is C20H23N3O4. The number of ether oxygens (including phenoxy) is 2. The number of pyridine rings is 1. The number of carbonyl (C=O) groups excluding carboxylic acids is 2. The Morgan fingerprint density at radius 2 is 1.89 bits per heavy atom. The molecule has 0 saturated carbocycles. The molecule has 0 unspecified atom stereocenters. The van der Waals surface area contributed by atoms with Crippen molar-refractivity contribution < 1.29 is 19.1 Å². The van der Waals surface area contributed by atoms with Crippen LogP contribution in [0.5, 0.6) is 11.5 Å². The lowest BCUT2D eigenvalue weighted by atomic mass is 9.95. The number of rotatable bonds is 5. The van der Waals surface area contributed by atoms with Gasteiger partial charge in [0.15, 0.2) is 0 Å². The number of nitrogens with one attached hydrogen (secondary N) is 1. The first-order chi connectivity index (χ1) is 13.1. The molecule has 7 nitrogen and oxygen atoms in total. The zero-order chi connectivity index (χ0) is 19.2.